The Morgan fingerprint density at radius 1 is 1.07 bits per heavy atom. The molecule has 1 atom stereocenters. The number of hydrogen-bond donors (Lipinski definition) is 1. The molecule has 7 heteroatoms. The predicted molar refractivity (Wildman–Crippen MR) is 112 cm³/mol. The maximum absolute atomic E-state index is 13.3. The number of allylic oxidation sites excluding steroid dienone is 1. The molecule has 4 rings (SSSR count). The van der Waals surface area contributed by atoms with Crippen LogP contribution in [0.4, 0.5) is 13.2 Å². The Morgan fingerprint density at radius 2 is 1.77 bits per heavy atom. The van der Waals surface area contributed by atoms with Gasteiger partial charge in [0.05, 0.1) is 16.8 Å². The Hall–Kier alpha value is -2.67. The standard InChI is InChI=1S/C23H25F3N4/c1-22(18-8-12-30(2)13-9-18)15-20(16-6-10-27-11-7-16)21(28-29-22)17-4-3-5-19(14-17)23(24,25)26/h3-7,10-11,14-15,18,29H,8-9,12-13H2,1-2H3. The van der Waals surface area contributed by atoms with Crippen LogP contribution in [0.2, 0.25) is 0 Å². The summed E-state index contributed by atoms with van der Waals surface area (Å²) >= 11 is 0. The third-order valence-electron chi connectivity index (χ3n) is 6.13. The molecule has 30 heavy (non-hydrogen) atoms. The number of hydrazone groups is 1. The molecule has 0 bridgehead atoms. The van der Waals surface area contributed by atoms with E-state index >= 15 is 0 Å². The number of rotatable bonds is 3. The van der Waals surface area contributed by atoms with Crippen LogP contribution in [0, 0.1) is 5.92 Å². The SMILES string of the molecule is CN1CCC(C2(C)C=C(c3ccncc3)C(c3cccc(C(F)(F)F)c3)=NN2)CC1. The highest BCUT2D eigenvalue weighted by Crippen LogP contribution is 2.36. The lowest BCUT2D eigenvalue weighted by Gasteiger charge is -2.42. The van der Waals surface area contributed by atoms with Crippen molar-refractivity contribution in [3.05, 3.63) is 71.6 Å². The van der Waals surface area contributed by atoms with Crippen LogP contribution in [0.25, 0.3) is 5.57 Å². The monoisotopic (exact) mass is 414 g/mol. The maximum atomic E-state index is 13.3. The van der Waals surface area contributed by atoms with Crippen LogP contribution in [0.15, 0.2) is 60.0 Å². The van der Waals surface area contributed by atoms with E-state index in [1.54, 1.807) is 18.5 Å². The first-order chi connectivity index (χ1) is 14.3. The summed E-state index contributed by atoms with van der Waals surface area (Å²) in [7, 11) is 2.12. The van der Waals surface area contributed by atoms with Gasteiger partial charge in [0, 0.05) is 23.5 Å². The largest absolute Gasteiger partial charge is 0.416 e. The Bertz CT molecular complexity index is 960. The van der Waals surface area contributed by atoms with E-state index in [4.69, 9.17) is 0 Å². The van der Waals surface area contributed by atoms with Crippen molar-refractivity contribution in [1.29, 1.82) is 0 Å². The number of piperidine rings is 1. The summed E-state index contributed by atoms with van der Waals surface area (Å²) in [5, 5.41) is 4.63. The molecule has 1 unspecified atom stereocenters. The van der Waals surface area contributed by atoms with Crippen molar-refractivity contribution >= 4 is 11.3 Å². The number of alkyl halides is 3. The topological polar surface area (TPSA) is 40.5 Å². The first kappa shape index (κ1) is 20.6. The zero-order chi connectivity index (χ0) is 21.4. The summed E-state index contributed by atoms with van der Waals surface area (Å²) in [5.74, 6) is 0.386. The summed E-state index contributed by atoms with van der Waals surface area (Å²) in [4.78, 5) is 6.39. The van der Waals surface area contributed by atoms with Crippen LogP contribution in [-0.4, -0.2) is 41.3 Å². The van der Waals surface area contributed by atoms with Gasteiger partial charge < -0.3 is 4.90 Å². The van der Waals surface area contributed by atoms with E-state index in [2.05, 4.69) is 40.5 Å². The van der Waals surface area contributed by atoms with Gasteiger partial charge in [0.15, 0.2) is 0 Å². The first-order valence-electron chi connectivity index (χ1n) is 10.1. The Labute approximate surface area is 174 Å². The molecule has 2 aliphatic rings. The van der Waals surface area contributed by atoms with Crippen molar-refractivity contribution in [1.82, 2.24) is 15.3 Å². The minimum Gasteiger partial charge on any atom is -0.306 e. The molecule has 0 radical (unpaired) electrons. The van der Waals surface area contributed by atoms with Gasteiger partial charge in [-0.25, -0.2) is 0 Å². The third-order valence-corrected chi connectivity index (χ3v) is 6.13. The molecule has 158 valence electrons. The Morgan fingerprint density at radius 3 is 2.43 bits per heavy atom. The second-order valence-corrected chi connectivity index (χ2v) is 8.30. The van der Waals surface area contributed by atoms with Crippen LogP contribution < -0.4 is 5.43 Å². The molecule has 3 heterocycles. The number of halogens is 3. The molecule has 1 fully saturated rings. The van der Waals surface area contributed by atoms with Gasteiger partial charge in [0.25, 0.3) is 0 Å². The van der Waals surface area contributed by atoms with E-state index in [-0.39, 0.29) is 5.54 Å². The highest BCUT2D eigenvalue weighted by molar-refractivity contribution is 6.32. The fourth-order valence-electron chi connectivity index (χ4n) is 4.27. The van der Waals surface area contributed by atoms with Crippen molar-refractivity contribution in [2.24, 2.45) is 11.0 Å². The van der Waals surface area contributed by atoms with Gasteiger partial charge in [0.2, 0.25) is 0 Å². The lowest BCUT2D eigenvalue weighted by molar-refractivity contribution is -0.137. The molecule has 0 aliphatic carbocycles. The first-order valence-corrected chi connectivity index (χ1v) is 10.1. The van der Waals surface area contributed by atoms with Gasteiger partial charge in [-0.15, -0.1) is 0 Å². The molecule has 0 spiro atoms. The highest BCUT2D eigenvalue weighted by atomic mass is 19.4. The lowest BCUT2D eigenvalue weighted by atomic mass is 9.76. The molecule has 2 aromatic rings. The van der Waals surface area contributed by atoms with Gasteiger partial charge in [-0.2, -0.15) is 18.3 Å². The van der Waals surface area contributed by atoms with Crippen LogP contribution in [-0.2, 0) is 6.18 Å². The van der Waals surface area contributed by atoms with Gasteiger partial charge in [0.1, 0.15) is 0 Å². The van der Waals surface area contributed by atoms with E-state index < -0.39 is 11.7 Å². The fourth-order valence-corrected chi connectivity index (χ4v) is 4.27. The number of aromatic nitrogens is 1. The minimum absolute atomic E-state index is 0.370. The van der Waals surface area contributed by atoms with Gasteiger partial charge in [-0.1, -0.05) is 12.1 Å². The summed E-state index contributed by atoms with van der Waals surface area (Å²) in [6, 6.07) is 9.08. The normalized spacial score (nSPS) is 23.5. The number of pyridine rings is 1. The van der Waals surface area contributed by atoms with Gasteiger partial charge >= 0.3 is 6.18 Å². The highest BCUT2D eigenvalue weighted by Gasteiger charge is 2.38. The molecule has 1 N–H and O–H groups in total. The zero-order valence-electron chi connectivity index (χ0n) is 17.1. The molecule has 1 saturated heterocycles. The number of benzene rings is 1. The van der Waals surface area contributed by atoms with Gasteiger partial charge in [-0.05, 0) is 81.7 Å². The van der Waals surface area contributed by atoms with Crippen LogP contribution in [0.3, 0.4) is 0 Å². The second kappa shape index (κ2) is 7.87. The second-order valence-electron chi connectivity index (χ2n) is 8.30. The molecule has 2 aliphatic heterocycles. The van der Waals surface area contributed by atoms with E-state index in [1.807, 2.05) is 12.1 Å². The summed E-state index contributed by atoms with van der Waals surface area (Å²) in [6.45, 7) is 4.16. The molecule has 1 aromatic heterocycles. The van der Waals surface area contributed by atoms with Crippen molar-refractivity contribution in [3.63, 3.8) is 0 Å². The van der Waals surface area contributed by atoms with E-state index in [0.29, 0.717) is 17.2 Å². The predicted octanol–water partition coefficient (Wildman–Crippen LogP) is 4.59. The van der Waals surface area contributed by atoms with Crippen LogP contribution >= 0.6 is 0 Å². The Balaban J connectivity index is 1.75. The van der Waals surface area contributed by atoms with Crippen LogP contribution in [0.1, 0.15) is 36.5 Å². The van der Waals surface area contributed by atoms with E-state index in [9.17, 15) is 13.2 Å². The molecule has 0 saturated carbocycles. The van der Waals surface area contributed by atoms with E-state index in [0.717, 1.165) is 49.2 Å². The summed E-state index contributed by atoms with van der Waals surface area (Å²) in [5.41, 5.74) is 4.90. The van der Waals surface area contributed by atoms with Crippen molar-refractivity contribution in [3.8, 4) is 0 Å². The third kappa shape index (κ3) is 4.12. The molecular weight excluding hydrogens is 389 g/mol. The smallest absolute Gasteiger partial charge is 0.306 e. The molecular formula is C23H25F3N4. The number of likely N-dealkylation sites (tertiary alicyclic amines) is 1. The number of nitrogens with zero attached hydrogens (tertiary/aromatic N) is 3. The summed E-state index contributed by atoms with van der Waals surface area (Å²) < 4.78 is 39.8. The fraction of sp³-hybridized carbons (Fsp3) is 0.391. The average Bonchev–Trinajstić information content (AvgIpc) is 2.74. The quantitative estimate of drug-likeness (QED) is 0.799. The van der Waals surface area contributed by atoms with Crippen LogP contribution in [0.5, 0.6) is 0 Å². The van der Waals surface area contributed by atoms with Crippen molar-refractivity contribution in [2.45, 2.75) is 31.5 Å². The minimum atomic E-state index is -4.40. The lowest BCUT2D eigenvalue weighted by Crippen LogP contribution is -2.51. The maximum Gasteiger partial charge on any atom is 0.416 e. The van der Waals surface area contributed by atoms with Crippen molar-refractivity contribution < 1.29 is 13.2 Å². The van der Waals surface area contributed by atoms with E-state index in [1.165, 1.54) is 6.07 Å². The van der Waals surface area contributed by atoms with Gasteiger partial charge in [-0.3, -0.25) is 10.4 Å². The molecule has 0 amide bonds. The van der Waals surface area contributed by atoms with Crippen molar-refractivity contribution in [2.75, 3.05) is 20.1 Å². The Kier molecular flexibility index (Phi) is 5.40. The average molecular weight is 414 g/mol. The molecule has 4 nitrogen and oxygen atoms in total. The number of nitrogens with one attached hydrogen (secondary N) is 1. The number of hydrogen-bond acceptors (Lipinski definition) is 4. The zero-order valence-corrected chi connectivity index (χ0v) is 17.1. The summed E-state index contributed by atoms with van der Waals surface area (Å²) in [6.07, 6.45) is 3.19. The molecule has 1 aromatic carbocycles.